The van der Waals surface area contributed by atoms with Crippen LogP contribution in [-0.4, -0.2) is 60.6 Å². The van der Waals surface area contributed by atoms with Gasteiger partial charge in [-0.1, -0.05) is 21.1 Å². The van der Waals surface area contributed by atoms with E-state index in [4.69, 9.17) is 14.3 Å². The zero-order valence-corrected chi connectivity index (χ0v) is 21.1. The Labute approximate surface area is 210 Å². The van der Waals surface area contributed by atoms with E-state index in [0.29, 0.717) is 29.1 Å². The number of halogens is 1. The topological polar surface area (TPSA) is 110 Å². The third-order valence-electron chi connectivity index (χ3n) is 5.65. The summed E-state index contributed by atoms with van der Waals surface area (Å²) in [5.41, 5.74) is 1.76. The average molecular weight is 544 g/mol. The second-order valence-corrected chi connectivity index (χ2v) is 8.86. The molecule has 1 fully saturated rings. The van der Waals surface area contributed by atoms with E-state index < -0.39 is 12.5 Å². The van der Waals surface area contributed by atoms with Crippen molar-refractivity contribution >= 4 is 44.6 Å². The molecule has 4 rings (SSSR count). The Morgan fingerprint density at radius 3 is 2.63 bits per heavy atom. The van der Waals surface area contributed by atoms with Crippen molar-refractivity contribution in [2.75, 3.05) is 33.9 Å². The highest BCUT2D eigenvalue weighted by Gasteiger charge is 2.20. The summed E-state index contributed by atoms with van der Waals surface area (Å²) in [5.74, 6) is 0.480. The smallest absolute Gasteiger partial charge is 0.304 e. The maximum atomic E-state index is 12.2. The molecule has 0 saturated carbocycles. The molecule has 1 N–H and O–H groups in total. The average Bonchev–Trinajstić information content (AvgIpc) is 3.47. The number of fused-ring (bicyclic) bond motifs is 1. The SMILES string of the molecule is COc1ccc(/C=N\OCC(=O)N=Nc2c(O)n(CN3CCCC3)c3ccc(Br)cc23)cc1OC. The lowest BCUT2D eigenvalue weighted by Crippen LogP contribution is -2.22. The first-order valence-electron chi connectivity index (χ1n) is 11.0. The van der Waals surface area contributed by atoms with E-state index in [2.05, 4.69) is 36.2 Å². The zero-order valence-electron chi connectivity index (χ0n) is 19.5. The van der Waals surface area contributed by atoms with Gasteiger partial charge in [0.15, 0.2) is 23.8 Å². The van der Waals surface area contributed by atoms with Gasteiger partial charge in [0.25, 0.3) is 0 Å². The molecule has 0 spiro atoms. The largest absolute Gasteiger partial charge is 0.493 e. The number of aromatic hydroxyl groups is 1. The molecule has 0 unspecified atom stereocenters. The maximum Gasteiger partial charge on any atom is 0.304 e. The number of hydrogen-bond acceptors (Lipinski definition) is 8. The third-order valence-corrected chi connectivity index (χ3v) is 6.14. The number of carbonyl (C=O) groups excluding carboxylic acids is 1. The molecule has 1 saturated heterocycles. The minimum Gasteiger partial charge on any atom is -0.493 e. The van der Waals surface area contributed by atoms with Crippen molar-refractivity contribution in [3.05, 3.63) is 46.4 Å². The molecule has 1 amide bonds. The molecular weight excluding hydrogens is 518 g/mol. The second kappa shape index (κ2) is 11.3. The van der Waals surface area contributed by atoms with Crippen LogP contribution in [0.25, 0.3) is 10.9 Å². The Balaban J connectivity index is 1.43. The number of nitrogens with zero attached hydrogens (tertiary/aromatic N) is 5. The molecular formula is C24H26BrN5O5. The van der Waals surface area contributed by atoms with Gasteiger partial charge in [-0.2, -0.15) is 0 Å². The summed E-state index contributed by atoms with van der Waals surface area (Å²) >= 11 is 3.46. The highest BCUT2D eigenvalue weighted by Crippen LogP contribution is 2.40. The number of oxime groups is 1. The van der Waals surface area contributed by atoms with Crippen LogP contribution < -0.4 is 9.47 Å². The van der Waals surface area contributed by atoms with Crippen molar-refractivity contribution in [3.8, 4) is 17.4 Å². The van der Waals surface area contributed by atoms with E-state index in [9.17, 15) is 9.90 Å². The number of benzene rings is 2. The van der Waals surface area contributed by atoms with Crippen molar-refractivity contribution in [1.29, 1.82) is 0 Å². The van der Waals surface area contributed by atoms with Crippen LogP contribution in [0.5, 0.6) is 17.4 Å². The lowest BCUT2D eigenvalue weighted by Gasteiger charge is -2.17. The number of methoxy groups -OCH3 is 2. The zero-order chi connectivity index (χ0) is 24.8. The summed E-state index contributed by atoms with van der Waals surface area (Å²) in [5, 5.41) is 23.1. The van der Waals surface area contributed by atoms with Crippen molar-refractivity contribution in [2.45, 2.75) is 19.5 Å². The summed E-state index contributed by atoms with van der Waals surface area (Å²) in [4.78, 5) is 19.5. The van der Waals surface area contributed by atoms with Crippen LogP contribution in [0.3, 0.4) is 0 Å². The fraction of sp³-hybridized carbons (Fsp3) is 0.333. The molecule has 0 atom stereocenters. The van der Waals surface area contributed by atoms with E-state index in [1.807, 2.05) is 18.2 Å². The van der Waals surface area contributed by atoms with Crippen LogP contribution in [0.2, 0.25) is 0 Å². The van der Waals surface area contributed by atoms with Crippen LogP contribution in [0, 0.1) is 0 Å². The minimum atomic E-state index is -0.635. The molecule has 1 aromatic heterocycles. The molecule has 0 radical (unpaired) electrons. The van der Waals surface area contributed by atoms with Gasteiger partial charge in [0.05, 0.1) is 32.6 Å². The number of hydrogen-bond donors (Lipinski definition) is 1. The lowest BCUT2D eigenvalue weighted by molar-refractivity contribution is -0.122. The number of ether oxygens (including phenoxy) is 2. The second-order valence-electron chi connectivity index (χ2n) is 7.94. The number of rotatable bonds is 9. The highest BCUT2D eigenvalue weighted by atomic mass is 79.9. The Kier molecular flexibility index (Phi) is 7.98. The van der Waals surface area contributed by atoms with Gasteiger partial charge >= 0.3 is 5.91 Å². The predicted octanol–water partition coefficient (Wildman–Crippen LogP) is 4.84. The van der Waals surface area contributed by atoms with Gasteiger partial charge in [-0.05, 0) is 62.3 Å². The number of carbonyl (C=O) groups is 1. The molecule has 3 aromatic rings. The highest BCUT2D eigenvalue weighted by molar-refractivity contribution is 9.10. The molecule has 35 heavy (non-hydrogen) atoms. The molecule has 10 nitrogen and oxygen atoms in total. The molecule has 184 valence electrons. The van der Waals surface area contributed by atoms with E-state index in [-0.39, 0.29) is 11.6 Å². The van der Waals surface area contributed by atoms with Crippen molar-refractivity contribution < 1.29 is 24.2 Å². The maximum absolute atomic E-state index is 12.2. The number of azo groups is 1. The van der Waals surface area contributed by atoms with Gasteiger partial charge in [-0.3, -0.25) is 14.3 Å². The summed E-state index contributed by atoms with van der Waals surface area (Å²) in [6.07, 6.45) is 3.73. The molecule has 0 bridgehead atoms. The summed E-state index contributed by atoms with van der Waals surface area (Å²) in [6.45, 7) is 2.10. The molecule has 1 aliphatic heterocycles. The molecule has 2 aromatic carbocycles. The fourth-order valence-electron chi connectivity index (χ4n) is 3.92. The lowest BCUT2D eigenvalue weighted by atomic mass is 10.2. The van der Waals surface area contributed by atoms with Gasteiger partial charge < -0.3 is 19.4 Å². The quantitative estimate of drug-likeness (QED) is 0.235. The number of likely N-dealkylation sites (tertiary alicyclic amines) is 1. The van der Waals surface area contributed by atoms with Crippen LogP contribution >= 0.6 is 15.9 Å². The summed E-state index contributed by atoms with van der Waals surface area (Å²) in [7, 11) is 3.10. The molecule has 1 aliphatic rings. The first-order chi connectivity index (χ1) is 17.0. The summed E-state index contributed by atoms with van der Waals surface area (Å²) in [6, 6.07) is 10.9. The van der Waals surface area contributed by atoms with Gasteiger partial charge in [0.2, 0.25) is 5.88 Å². The van der Waals surface area contributed by atoms with Crippen LogP contribution in [-0.2, 0) is 16.3 Å². The van der Waals surface area contributed by atoms with Gasteiger partial charge in [-0.15, -0.1) is 10.2 Å². The summed E-state index contributed by atoms with van der Waals surface area (Å²) < 4.78 is 13.1. The Morgan fingerprint density at radius 2 is 1.89 bits per heavy atom. The Morgan fingerprint density at radius 1 is 1.11 bits per heavy atom. The van der Waals surface area contributed by atoms with Crippen molar-refractivity contribution in [1.82, 2.24) is 9.47 Å². The number of aromatic nitrogens is 1. The van der Waals surface area contributed by atoms with Crippen LogP contribution in [0.4, 0.5) is 5.69 Å². The van der Waals surface area contributed by atoms with E-state index in [1.165, 1.54) is 6.21 Å². The van der Waals surface area contributed by atoms with Crippen molar-refractivity contribution in [3.63, 3.8) is 0 Å². The third kappa shape index (κ3) is 5.80. The molecule has 2 heterocycles. The Bertz CT molecular complexity index is 1270. The minimum absolute atomic E-state index is 0.0334. The van der Waals surface area contributed by atoms with E-state index in [1.54, 1.807) is 37.0 Å². The van der Waals surface area contributed by atoms with Gasteiger partial charge in [-0.25, -0.2) is 0 Å². The van der Waals surface area contributed by atoms with Crippen LogP contribution in [0.1, 0.15) is 18.4 Å². The molecule has 0 aliphatic carbocycles. The fourth-order valence-corrected chi connectivity index (χ4v) is 4.28. The van der Waals surface area contributed by atoms with E-state index >= 15 is 0 Å². The Hall–Kier alpha value is -3.44. The first kappa shape index (κ1) is 24.7. The van der Waals surface area contributed by atoms with Gasteiger partial charge in [0.1, 0.15) is 0 Å². The van der Waals surface area contributed by atoms with Gasteiger partial charge in [0, 0.05) is 15.4 Å². The van der Waals surface area contributed by atoms with E-state index in [0.717, 1.165) is 35.9 Å². The molecule has 11 heteroatoms. The predicted molar refractivity (Wildman–Crippen MR) is 135 cm³/mol. The first-order valence-corrected chi connectivity index (χ1v) is 11.8. The number of amides is 1. The van der Waals surface area contributed by atoms with Crippen molar-refractivity contribution in [2.24, 2.45) is 15.4 Å². The normalized spacial score (nSPS) is 14.4. The standard InChI is InChI=1S/C24H26BrN5O5/c1-33-20-8-5-16(11-21(20)34-2)13-26-35-14-22(31)27-28-23-18-12-17(25)6-7-19(18)30(24(23)32)15-29-9-3-4-10-29/h5-8,11-13,32H,3-4,9-10,14-15H2,1-2H3/b26-13-,28-27?. The van der Waals surface area contributed by atoms with Crippen LogP contribution in [0.15, 0.2) is 56.3 Å². The monoisotopic (exact) mass is 543 g/mol.